The average molecular weight is 846 g/mol. The minimum atomic E-state index is -0.996. The van der Waals surface area contributed by atoms with Crippen molar-refractivity contribution in [1.82, 2.24) is 15.0 Å². The van der Waals surface area contributed by atoms with E-state index in [9.17, 15) is 14.4 Å². The van der Waals surface area contributed by atoms with Crippen molar-refractivity contribution in [2.45, 2.75) is 39.5 Å². The molecule has 10 rings (SSSR count). The Morgan fingerprint density at radius 2 is 0.857 bits per heavy atom. The van der Waals surface area contributed by atoms with Crippen LogP contribution in [0.4, 0.5) is 0 Å². The van der Waals surface area contributed by atoms with E-state index < -0.39 is 17.9 Å². The molecule has 1 aliphatic rings. The summed E-state index contributed by atoms with van der Waals surface area (Å²) < 4.78 is 27.6. The third kappa shape index (κ3) is 9.10. The number of carboxylic acids is 3. The summed E-state index contributed by atoms with van der Waals surface area (Å²) >= 11 is 0. The zero-order chi connectivity index (χ0) is 44.4. The fourth-order valence-electron chi connectivity index (χ4n) is 6.60. The van der Waals surface area contributed by atoms with Crippen molar-refractivity contribution in [3.05, 3.63) is 149 Å². The maximum atomic E-state index is 11.0. The van der Waals surface area contributed by atoms with E-state index >= 15 is 0 Å². The molecule has 0 amide bonds. The van der Waals surface area contributed by atoms with Crippen LogP contribution in [0.15, 0.2) is 135 Å². The summed E-state index contributed by atoms with van der Waals surface area (Å²) in [5, 5.41) is 27.0. The number of benzene rings is 6. The van der Waals surface area contributed by atoms with Crippen LogP contribution in [0.3, 0.4) is 0 Å². The van der Waals surface area contributed by atoms with Gasteiger partial charge in [0.1, 0.15) is 16.6 Å². The van der Waals surface area contributed by atoms with E-state index in [2.05, 4.69) is 66.9 Å². The van der Waals surface area contributed by atoms with E-state index in [1.807, 2.05) is 30.3 Å². The number of rotatable bonds is 8. The van der Waals surface area contributed by atoms with Gasteiger partial charge in [-0.3, -0.25) is 0 Å². The Labute approximate surface area is 359 Å². The second kappa shape index (κ2) is 17.4. The van der Waals surface area contributed by atoms with Crippen LogP contribution < -0.4 is 9.47 Å². The minimum Gasteiger partial charge on any atom is -0.478 e. The standard InChI is InChI=1S/2C17H15NO3.C15H9NO5/c1-10(2)11-3-5-12(6-4-11)16-18-14-9-13(17(19)20)7-8-15(14)21-16;1-10(2)11-3-5-12(6-4-11)16-18-14-8-7-13(17(19)20)9-15(14)21-16;17-15(18)9-2-3-11-10(5-9)16-14(21-11)8-1-4-12-13(6-8)20-7-19-12/h2*3-10H,1-2H3,(H,19,20);1-6H,7H2,(H,17,18). The molecule has 1 aliphatic heterocycles. The van der Waals surface area contributed by atoms with Crippen molar-refractivity contribution in [3.63, 3.8) is 0 Å². The molecule has 0 saturated heterocycles. The number of hydrogen-bond donors (Lipinski definition) is 3. The van der Waals surface area contributed by atoms with E-state index in [4.69, 9.17) is 38.0 Å². The van der Waals surface area contributed by atoms with Gasteiger partial charge >= 0.3 is 17.9 Å². The van der Waals surface area contributed by atoms with E-state index in [1.54, 1.807) is 30.3 Å². The summed E-state index contributed by atoms with van der Waals surface area (Å²) in [6, 6.07) is 35.4. The van der Waals surface area contributed by atoms with Gasteiger partial charge in [-0.25, -0.2) is 29.3 Å². The van der Waals surface area contributed by atoms with Crippen LogP contribution in [0.5, 0.6) is 11.5 Å². The SMILES string of the molecule is CC(C)c1ccc(-c2nc3cc(C(=O)O)ccc3o2)cc1.CC(C)c1ccc(-c2nc3ccc(C(=O)O)cc3o2)cc1.O=C(O)c1ccc2oc(-c3ccc4c(c3)OCO4)nc2c1. The van der Waals surface area contributed by atoms with Gasteiger partial charge in [-0.15, -0.1) is 0 Å². The Morgan fingerprint density at radius 1 is 0.444 bits per heavy atom. The van der Waals surface area contributed by atoms with Crippen molar-refractivity contribution < 1.29 is 52.4 Å². The van der Waals surface area contributed by atoms with Gasteiger partial charge in [0.2, 0.25) is 24.5 Å². The molecule has 0 bridgehead atoms. The molecule has 3 aromatic heterocycles. The second-order valence-electron chi connectivity index (χ2n) is 15.1. The predicted octanol–water partition coefficient (Wildman–Crippen LogP) is 11.6. The normalized spacial score (nSPS) is 11.7. The highest BCUT2D eigenvalue weighted by atomic mass is 16.7. The molecule has 0 aliphatic carbocycles. The molecule has 63 heavy (non-hydrogen) atoms. The van der Waals surface area contributed by atoms with Crippen molar-refractivity contribution in [3.8, 4) is 45.9 Å². The molecular formula is C49H39N3O11. The number of hydrogen-bond acceptors (Lipinski definition) is 11. The maximum Gasteiger partial charge on any atom is 0.335 e. The Balaban J connectivity index is 0.000000130. The summed E-state index contributed by atoms with van der Waals surface area (Å²) in [6.07, 6.45) is 0. The average Bonchev–Trinajstić information content (AvgIpc) is 4.11. The monoisotopic (exact) mass is 845 g/mol. The third-order valence-electron chi connectivity index (χ3n) is 10.2. The van der Waals surface area contributed by atoms with Crippen LogP contribution in [-0.4, -0.2) is 55.0 Å². The van der Waals surface area contributed by atoms with Gasteiger partial charge in [-0.1, -0.05) is 52.0 Å². The highest BCUT2D eigenvalue weighted by Gasteiger charge is 2.18. The highest BCUT2D eigenvalue weighted by Crippen LogP contribution is 2.37. The van der Waals surface area contributed by atoms with E-state index in [0.29, 0.717) is 74.3 Å². The first-order valence-electron chi connectivity index (χ1n) is 19.8. The lowest BCUT2D eigenvalue weighted by Gasteiger charge is -2.04. The van der Waals surface area contributed by atoms with Crippen LogP contribution in [0, 0.1) is 0 Å². The van der Waals surface area contributed by atoms with Gasteiger partial charge < -0.3 is 38.0 Å². The molecule has 0 radical (unpaired) electrons. The van der Waals surface area contributed by atoms with Gasteiger partial charge in [-0.2, -0.15) is 0 Å². The van der Waals surface area contributed by atoms with Gasteiger partial charge in [-0.05, 0) is 120 Å². The van der Waals surface area contributed by atoms with Crippen LogP contribution in [0.2, 0.25) is 0 Å². The van der Waals surface area contributed by atoms with Crippen molar-refractivity contribution in [2.75, 3.05) is 6.79 Å². The Morgan fingerprint density at radius 3 is 1.35 bits per heavy atom. The topological polar surface area (TPSA) is 208 Å². The maximum absolute atomic E-state index is 11.0. The van der Waals surface area contributed by atoms with Crippen LogP contribution in [0.1, 0.15) is 81.7 Å². The number of carbonyl (C=O) groups is 3. The molecule has 316 valence electrons. The van der Waals surface area contributed by atoms with Crippen molar-refractivity contribution in [1.29, 1.82) is 0 Å². The molecule has 4 heterocycles. The molecule has 14 nitrogen and oxygen atoms in total. The lowest BCUT2D eigenvalue weighted by atomic mass is 10.0. The lowest BCUT2D eigenvalue weighted by Crippen LogP contribution is -1.94. The largest absolute Gasteiger partial charge is 0.478 e. The van der Waals surface area contributed by atoms with Crippen molar-refractivity contribution >= 4 is 51.2 Å². The molecule has 9 aromatic rings. The lowest BCUT2D eigenvalue weighted by molar-refractivity contribution is 0.0686. The number of nitrogens with zero attached hydrogens (tertiary/aromatic N) is 3. The molecule has 0 spiro atoms. The first-order chi connectivity index (χ1) is 30.3. The van der Waals surface area contributed by atoms with Gasteiger partial charge in [0.25, 0.3) is 0 Å². The fourth-order valence-corrected chi connectivity index (χ4v) is 6.60. The second-order valence-corrected chi connectivity index (χ2v) is 15.1. The van der Waals surface area contributed by atoms with E-state index in [-0.39, 0.29) is 23.5 Å². The van der Waals surface area contributed by atoms with E-state index in [0.717, 1.165) is 16.7 Å². The Hall–Kier alpha value is -8.26. The molecule has 0 fully saturated rings. The number of aromatic nitrogens is 3. The summed E-state index contributed by atoms with van der Waals surface area (Å²) in [6.45, 7) is 8.77. The zero-order valence-corrected chi connectivity index (χ0v) is 34.4. The van der Waals surface area contributed by atoms with Crippen LogP contribution in [0.25, 0.3) is 67.7 Å². The van der Waals surface area contributed by atoms with Gasteiger partial charge in [0.05, 0.1) is 16.7 Å². The first kappa shape index (κ1) is 41.5. The summed E-state index contributed by atoms with van der Waals surface area (Å²) in [5.74, 6) is 0.741. The molecule has 6 aromatic carbocycles. The molecule has 0 saturated carbocycles. The Kier molecular flexibility index (Phi) is 11.4. The fraction of sp³-hybridized carbons (Fsp3) is 0.143. The predicted molar refractivity (Wildman–Crippen MR) is 234 cm³/mol. The first-order valence-corrected chi connectivity index (χ1v) is 19.8. The number of ether oxygens (including phenoxy) is 2. The quantitative estimate of drug-likeness (QED) is 0.130. The smallest absolute Gasteiger partial charge is 0.335 e. The highest BCUT2D eigenvalue weighted by molar-refractivity contribution is 5.94. The van der Waals surface area contributed by atoms with Crippen molar-refractivity contribution in [2.24, 2.45) is 0 Å². The number of fused-ring (bicyclic) bond motifs is 4. The third-order valence-corrected chi connectivity index (χ3v) is 10.2. The molecule has 14 heteroatoms. The zero-order valence-electron chi connectivity index (χ0n) is 34.4. The minimum absolute atomic E-state index is 0.174. The van der Waals surface area contributed by atoms with Gasteiger partial charge in [0, 0.05) is 16.7 Å². The summed E-state index contributed by atoms with van der Waals surface area (Å²) in [4.78, 5) is 46.0. The molecular weight excluding hydrogens is 807 g/mol. The van der Waals surface area contributed by atoms with Gasteiger partial charge in [0.15, 0.2) is 28.2 Å². The van der Waals surface area contributed by atoms with Crippen LogP contribution in [-0.2, 0) is 0 Å². The summed E-state index contributed by atoms with van der Waals surface area (Å²) in [7, 11) is 0. The van der Waals surface area contributed by atoms with E-state index in [1.165, 1.54) is 47.5 Å². The molecule has 0 atom stereocenters. The summed E-state index contributed by atoms with van der Waals surface area (Å²) in [5.41, 5.74) is 8.90. The number of oxazole rings is 3. The Bertz CT molecular complexity index is 3000. The number of carboxylic acid groups (broad SMARTS) is 3. The molecule has 0 unspecified atom stereocenters. The molecule has 3 N–H and O–H groups in total. The number of aromatic carboxylic acids is 3. The van der Waals surface area contributed by atoms with Crippen LogP contribution >= 0.6 is 0 Å².